The number of carbonyl (C=O) groups excluding carboxylic acids is 2. The minimum atomic E-state index is -1.50. The van der Waals surface area contributed by atoms with E-state index in [4.69, 9.17) is 14.7 Å². The number of hydrogen-bond acceptors (Lipinski definition) is 6. The van der Waals surface area contributed by atoms with Crippen molar-refractivity contribution >= 4 is 22.9 Å². The van der Waals surface area contributed by atoms with Crippen LogP contribution in [0.2, 0.25) is 0 Å². The first kappa shape index (κ1) is 21.6. The van der Waals surface area contributed by atoms with Crippen LogP contribution < -0.4 is 5.32 Å². The smallest absolute Gasteiger partial charge is 0.408 e. The molecule has 0 aliphatic rings. The molecule has 1 N–H and O–H groups in total. The second-order valence-electron chi connectivity index (χ2n) is 6.47. The molecule has 7 nitrogen and oxygen atoms in total. The number of esters is 1. The minimum absolute atomic E-state index is 0.0929. The van der Waals surface area contributed by atoms with Crippen molar-refractivity contribution in [3.8, 4) is 6.07 Å². The van der Waals surface area contributed by atoms with E-state index in [1.807, 2.05) is 6.07 Å². The fraction of sp³-hybridized carbons (Fsp3) is 0.500. The van der Waals surface area contributed by atoms with E-state index in [9.17, 15) is 13.8 Å². The Labute approximate surface area is 156 Å². The van der Waals surface area contributed by atoms with Gasteiger partial charge in [0.1, 0.15) is 11.6 Å². The Morgan fingerprint density at radius 1 is 1.31 bits per heavy atom. The number of rotatable bonds is 7. The highest BCUT2D eigenvalue weighted by atomic mass is 32.2. The monoisotopic (exact) mass is 380 g/mol. The van der Waals surface area contributed by atoms with Crippen LogP contribution in [0.3, 0.4) is 0 Å². The van der Waals surface area contributed by atoms with Gasteiger partial charge < -0.3 is 14.8 Å². The Hall–Kier alpha value is -2.40. The lowest BCUT2D eigenvalue weighted by Gasteiger charge is -2.22. The van der Waals surface area contributed by atoms with Crippen molar-refractivity contribution in [1.29, 1.82) is 5.26 Å². The van der Waals surface area contributed by atoms with Crippen molar-refractivity contribution in [2.45, 2.75) is 45.1 Å². The molecule has 0 unspecified atom stereocenters. The zero-order valence-corrected chi connectivity index (χ0v) is 16.2. The van der Waals surface area contributed by atoms with E-state index >= 15 is 0 Å². The van der Waals surface area contributed by atoms with Gasteiger partial charge in [-0.1, -0.05) is 18.2 Å². The van der Waals surface area contributed by atoms with Gasteiger partial charge in [0.25, 0.3) is 0 Å². The molecule has 0 saturated heterocycles. The number of hydrogen-bond donors (Lipinski definition) is 1. The highest BCUT2D eigenvalue weighted by molar-refractivity contribution is 7.84. The molecule has 0 aliphatic heterocycles. The van der Waals surface area contributed by atoms with Crippen LogP contribution in [0.5, 0.6) is 0 Å². The molecule has 0 bridgehead atoms. The van der Waals surface area contributed by atoms with Gasteiger partial charge >= 0.3 is 12.1 Å². The largest absolute Gasteiger partial charge is 0.464 e. The van der Waals surface area contributed by atoms with Gasteiger partial charge in [-0.05, 0) is 39.3 Å². The van der Waals surface area contributed by atoms with Crippen LogP contribution in [0.1, 0.15) is 38.8 Å². The lowest BCUT2D eigenvalue weighted by Crippen LogP contribution is -2.47. The predicted octanol–water partition coefficient (Wildman–Crippen LogP) is 2.26. The summed E-state index contributed by atoms with van der Waals surface area (Å²) >= 11 is 0. The van der Waals surface area contributed by atoms with Gasteiger partial charge in [0.15, 0.2) is 0 Å². The Bertz CT molecular complexity index is 706. The molecular formula is C18H24N2O5S. The van der Waals surface area contributed by atoms with Crippen LogP contribution in [-0.4, -0.2) is 40.3 Å². The highest BCUT2D eigenvalue weighted by Crippen LogP contribution is 2.12. The maximum absolute atomic E-state index is 12.5. The molecule has 0 saturated carbocycles. The standard InChI is InChI=1S/C18H24N2O5S/c1-5-24-16(21)15(20-17(22)25-18(2,3)4)12-26(23)11-14-9-7-6-8-13(14)10-19/h6-9,15H,5,11-12H2,1-4H3,(H,20,22)/t15-,26+/m0/s1. The molecule has 1 aromatic carbocycles. The second kappa shape index (κ2) is 9.92. The molecule has 1 amide bonds. The van der Waals surface area contributed by atoms with E-state index in [0.717, 1.165) is 0 Å². The predicted molar refractivity (Wildman–Crippen MR) is 97.7 cm³/mol. The van der Waals surface area contributed by atoms with E-state index in [1.54, 1.807) is 52.0 Å². The van der Waals surface area contributed by atoms with E-state index < -0.39 is 34.5 Å². The lowest BCUT2D eigenvalue weighted by atomic mass is 10.1. The average Bonchev–Trinajstić information content (AvgIpc) is 2.53. The van der Waals surface area contributed by atoms with E-state index in [1.165, 1.54) is 0 Å². The average molecular weight is 380 g/mol. The van der Waals surface area contributed by atoms with Crippen LogP contribution in [0.4, 0.5) is 4.79 Å². The quantitative estimate of drug-likeness (QED) is 0.728. The molecule has 26 heavy (non-hydrogen) atoms. The maximum atomic E-state index is 12.5. The summed E-state index contributed by atoms with van der Waals surface area (Å²) in [4.78, 5) is 24.0. The molecule has 0 radical (unpaired) electrons. The van der Waals surface area contributed by atoms with Crippen LogP contribution in [-0.2, 0) is 30.8 Å². The summed E-state index contributed by atoms with van der Waals surface area (Å²) in [6.45, 7) is 6.87. The number of amides is 1. The zero-order chi connectivity index (χ0) is 19.7. The van der Waals surface area contributed by atoms with Crippen molar-refractivity contribution in [1.82, 2.24) is 5.32 Å². The number of nitrogens with zero attached hydrogens (tertiary/aromatic N) is 1. The molecule has 142 valence electrons. The van der Waals surface area contributed by atoms with Gasteiger partial charge in [-0.15, -0.1) is 0 Å². The third-order valence-corrected chi connectivity index (χ3v) is 4.41. The molecule has 1 rings (SSSR count). The Morgan fingerprint density at radius 3 is 2.54 bits per heavy atom. The molecule has 8 heteroatoms. The molecular weight excluding hydrogens is 356 g/mol. The third kappa shape index (κ3) is 7.66. The van der Waals surface area contributed by atoms with Gasteiger partial charge in [0, 0.05) is 16.6 Å². The van der Waals surface area contributed by atoms with Gasteiger partial charge in [-0.25, -0.2) is 9.59 Å². The zero-order valence-electron chi connectivity index (χ0n) is 15.4. The number of carbonyl (C=O) groups is 2. The van der Waals surface area contributed by atoms with Crippen LogP contribution in [0, 0.1) is 11.3 Å². The van der Waals surface area contributed by atoms with Crippen molar-refractivity contribution in [3.05, 3.63) is 35.4 Å². The van der Waals surface area contributed by atoms with Gasteiger partial charge in [0.05, 0.1) is 24.0 Å². The summed E-state index contributed by atoms with van der Waals surface area (Å²) < 4.78 is 22.5. The molecule has 0 heterocycles. The maximum Gasteiger partial charge on any atom is 0.408 e. The summed E-state index contributed by atoms with van der Waals surface area (Å²) in [6, 6.07) is 7.74. The fourth-order valence-electron chi connectivity index (χ4n) is 2.03. The van der Waals surface area contributed by atoms with Crippen LogP contribution >= 0.6 is 0 Å². The topological polar surface area (TPSA) is 105 Å². The van der Waals surface area contributed by atoms with Crippen molar-refractivity contribution < 1.29 is 23.3 Å². The number of nitrogens with one attached hydrogen (secondary N) is 1. The molecule has 2 atom stereocenters. The summed E-state index contributed by atoms with van der Waals surface area (Å²) in [6.07, 6.45) is -0.787. The van der Waals surface area contributed by atoms with Gasteiger partial charge in [-0.2, -0.15) is 5.26 Å². The minimum Gasteiger partial charge on any atom is -0.464 e. The number of ether oxygens (including phenoxy) is 2. The first-order chi connectivity index (χ1) is 12.2. The van der Waals surface area contributed by atoms with Crippen LogP contribution in [0.15, 0.2) is 24.3 Å². The number of alkyl carbamates (subject to hydrolysis) is 1. The second-order valence-corrected chi connectivity index (χ2v) is 7.97. The Kier molecular flexibility index (Phi) is 8.26. The van der Waals surface area contributed by atoms with E-state index in [-0.39, 0.29) is 18.1 Å². The van der Waals surface area contributed by atoms with Gasteiger partial charge in [0.2, 0.25) is 0 Å². The van der Waals surface area contributed by atoms with E-state index in [0.29, 0.717) is 11.1 Å². The first-order valence-corrected chi connectivity index (χ1v) is 9.64. The molecule has 0 fully saturated rings. The Balaban J connectivity index is 2.81. The normalized spacial score (nSPS) is 13.2. The SMILES string of the molecule is CCOC(=O)[C@H](C[S@](=O)Cc1ccccc1C#N)NC(=O)OC(C)(C)C. The van der Waals surface area contributed by atoms with Crippen LogP contribution in [0.25, 0.3) is 0 Å². The van der Waals surface area contributed by atoms with Crippen molar-refractivity contribution in [2.24, 2.45) is 0 Å². The summed E-state index contributed by atoms with van der Waals surface area (Å²) in [5.41, 5.74) is 0.315. The highest BCUT2D eigenvalue weighted by Gasteiger charge is 2.27. The number of benzene rings is 1. The summed E-state index contributed by atoms with van der Waals surface area (Å²) in [7, 11) is -1.50. The molecule has 0 aliphatic carbocycles. The fourth-order valence-corrected chi connectivity index (χ4v) is 3.34. The Morgan fingerprint density at radius 2 is 1.96 bits per heavy atom. The first-order valence-electron chi connectivity index (χ1n) is 8.15. The summed E-state index contributed by atoms with van der Waals surface area (Å²) in [5.74, 6) is -0.728. The molecule has 0 aromatic heterocycles. The lowest BCUT2D eigenvalue weighted by molar-refractivity contribution is -0.145. The van der Waals surface area contributed by atoms with Crippen molar-refractivity contribution in [2.75, 3.05) is 12.4 Å². The summed E-state index contributed by atoms with van der Waals surface area (Å²) in [5, 5.41) is 11.5. The number of nitriles is 1. The van der Waals surface area contributed by atoms with Gasteiger partial charge in [-0.3, -0.25) is 4.21 Å². The van der Waals surface area contributed by atoms with Crippen molar-refractivity contribution in [3.63, 3.8) is 0 Å². The molecule has 0 spiro atoms. The third-order valence-electron chi connectivity index (χ3n) is 3.07. The van der Waals surface area contributed by atoms with E-state index in [2.05, 4.69) is 5.32 Å². The molecule has 1 aromatic rings.